The Kier molecular flexibility index (Phi) is 7.09. The molecule has 1 aromatic carbocycles. The Balaban J connectivity index is 0.00000200. The van der Waals surface area contributed by atoms with E-state index < -0.39 is 0 Å². The normalized spacial score (nSPS) is 17.2. The summed E-state index contributed by atoms with van der Waals surface area (Å²) in [5.74, 6) is 2.04. The van der Waals surface area contributed by atoms with E-state index >= 15 is 0 Å². The molecule has 1 saturated heterocycles. The Morgan fingerprint density at radius 2 is 1.70 bits per heavy atom. The van der Waals surface area contributed by atoms with Gasteiger partial charge in [-0.1, -0.05) is 0 Å². The maximum Gasteiger partial charge on any atom is 0.137 e. The smallest absolute Gasteiger partial charge is 0.137 e. The Hall–Kier alpha value is -0.490. The van der Waals surface area contributed by atoms with Crippen LogP contribution in [0.4, 0.5) is 0 Å². The molecule has 2 rings (SSSR count). The Morgan fingerprint density at radius 3 is 2.15 bits per heavy atom. The van der Waals surface area contributed by atoms with Gasteiger partial charge in [-0.3, -0.25) is 0 Å². The lowest BCUT2D eigenvalue weighted by molar-refractivity contribution is 0.319. The van der Waals surface area contributed by atoms with Crippen LogP contribution in [0.15, 0.2) is 16.6 Å². The van der Waals surface area contributed by atoms with Crippen LogP contribution in [0.25, 0.3) is 0 Å². The van der Waals surface area contributed by atoms with E-state index in [0.717, 1.165) is 47.5 Å². The van der Waals surface area contributed by atoms with Gasteiger partial charge in [-0.25, -0.2) is 0 Å². The summed E-state index contributed by atoms with van der Waals surface area (Å²) in [5.41, 5.74) is 7.49. The second-order valence-electron chi connectivity index (χ2n) is 4.85. The molecule has 20 heavy (non-hydrogen) atoms. The minimum atomic E-state index is 0. The van der Waals surface area contributed by atoms with Crippen molar-refractivity contribution >= 4 is 28.3 Å². The van der Waals surface area contributed by atoms with Gasteiger partial charge in [0.2, 0.25) is 0 Å². The van der Waals surface area contributed by atoms with Gasteiger partial charge in [0.25, 0.3) is 0 Å². The minimum Gasteiger partial charge on any atom is -0.495 e. The highest BCUT2D eigenvalue weighted by Gasteiger charge is 2.23. The van der Waals surface area contributed by atoms with Gasteiger partial charge in [0.05, 0.1) is 14.2 Å². The first kappa shape index (κ1) is 17.6. The molecule has 1 aromatic rings. The fraction of sp³-hybridized carbons (Fsp3) is 0.571. The van der Waals surface area contributed by atoms with Crippen LogP contribution in [0.3, 0.4) is 0 Å². The minimum absolute atomic E-state index is 0. The molecule has 3 N–H and O–H groups in total. The number of nitrogens with one attached hydrogen (secondary N) is 1. The molecular weight excluding hydrogens is 344 g/mol. The molecule has 0 radical (unpaired) electrons. The summed E-state index contributed by atoms with van der Waals surface area (Å²) in [7, 11) is 3.30. The lowest BCUT2D eigenvalue weighted by Crippen LogP contribution is -2.33. The van der Waals surface area contributed by atoms with Crippen LogP contribution in [0.5, 0.6) is 11.5 Å². The van der Waals surface area contributed by atoms with Crippen molar-refractivity contribution < 1.29 is 9.47 Å². The number of benzene rings is 1. The molecule has 6 heteroatoms. The summed E-state index contributed by atoms with van der Waals surface area (Å²) in [6.45, 7) is 2.09. The molecule has 4 nitrogen and oxygen atoms in total. The number of nitrogens with two attached hydrogens (primary N) is 1. The third kappa shape index (κ3) is 3.79. The zero-order chi connectivity index (χ0) is 13.8. The van der Waals surface area contributed by atoms with E-state index in [-0.39, 0.29) is 18.4 Å². The average molecular weight is 366 g/mol. The molecule has 114 valence electrons. The van der Waals surface area contributed by atoms with Crippen LogP contribution in [0.1, 0.15) is 24.4 Å². The predicted octanol–water partition coefficient (Wildman–Crippen LogP) is 2.89. The molecule has 1 aliphatic heterocycles. The number of rotatable bonds is 4. The van der Waals surface area contributed by atoms with Crippen LogP contribution in [0.2, 0.25) is 0 Å². The number of hydrogen-bond donors (Lipinski definition) is 2. The van der Waals surface area contributed by atoms with E-state index in [2.05, 4.69) is 21.2 Å². The first-order valence-corrected chi connectivity index (χ1v) is 7.34. The largest absolute Gasteiger partial charge is 0.495 e. The van der Waals surface area contributed by atoms with Crippen molar-refractivity contribution in [3.05, 3.63) is 22.2 Å². The maximum atomic E-state index is 6.41. The fourth-order valence-corrected chi connectivity index (χ4v) is 3.11. The van der Waals surface area contributed by atoms with Crippen molar-refractivity contribution in [2.45, 2.75) is 18.9 Å². The zero-order valence-corrected chi connectivity index (χ0v) is 14.2. The van der Waals surface area contributed by atoms with Gasteiger partial charge >= 0.3 is 0 Å². The number of halogens is 2. The van der Waals surface area contributed by atoms with E-state index in [1.807, 2.05) is 12.1 Å². The number of methoxy groups -OCH3 is 2. The maximum absolute atomic E-state index is 6.41. The van der Waals surface area contributed by atoms with Crippen LogP contribution in [0, 0.1) is 5.92 Å². The highest BCUT2D eigenvalue weighted by atomic mass is 79.9. The van der Waals surface area contributed by atoms with Gasteiger partial charge in [0, 0.05) is 6.04 Å². The van der Waals surface area contributed by atoms with Gasteiger partial charge in [-0.15, -0.1) is 12.4 Å². The van der Waals surface area contributed by atoms with Gasteiger partial charge in [0.15, 0.2) is 0 Å². The van der Waals surface area contributed by atoms with E-state index in [1.54, 1.807) is 14.2 Å². The lowest BCUT2D eigenvalue weighted by atomic mass is 9.86. The van der Waals surface area contributed by atoms with Gasteiger partial charge in [0.1, 0.15) is 16.0 Å². The van der Waals surface area contributed by atoms with Crippen molar-refractivity contribution in [2.75, 3.05) is 27.3 Å². The van der Waals surface area contributed by atoms with Crippen molar-refractivity contribution in [1.82, 2.24) is 5.32 Å². The molecule has 0 aliphatic carbocycles. The summed E-state index contributed by atoms with van der Waals surface area (Å²) < 4.78 is 11.6. The summed E-state index contributed by atoms with van der Waals surface area (Å²) in [5, 5.41) is 3.36. The molecule has 0 unspecified atom stereocenters. The van der Waals surface area contributed by atoms with Gasteiger partial charge in [-0.2, -0.15) is 0 Å². The van der Waals surface area contributed by atoms with Crippen molar-refractivity contribution in [1.29, 1.82) is 0 Å². The third-order valence-electron chi connectivity index (χ3n) is 3.74. The van der Waals surface area contributed by atoms with Crippen LogP contribution in [-0.2, 0) is 0 Å². The Labute approximate surface area is 134 Å². The van der Waals surface area contributed by atoms with E-state index in [0.29, 0.717) is 5.92 Å². The molecule has 0 saturated carbocycles. The Bertz CT molecular complexity index is 414. The average Bonchev–Trinajstić information content (AvgIpc) is 2.47. The molecule has 1 atom stereocenters. The number of ether oxygens (including phenoxy) is 2. The molecule has 1 heterocycles. The molecule has 0 aromatic heterocycles. The van der Waals surface area contributed by atoms with E-state index in [4.69, 9.17) is 15.2 Å². The van der Waals surface area contributed by atoms with Crippen molar-refractivity contribution in [3.63, 3.8) is 0 Å². The fourth-order valence-electron chi connectivity index (χ4n) is 2.56. The van der Waals surface area contributed by atoms with Crippen LogP contribution in [-0.4, -0.2) is 27.3 Å². The highest BCUT2D eigenvalue weighted by Crippen LogP contribution is 2.39. The second kappa shape index (κ2) is 8.08. The SMILES string of the molecule is COc1cc([C@H](N)C2CCNCC2)cc(OC)c1Br.Cl. The predicted molar refractivity (Wildman–Crippen MR) is 87.0 cm³/mol. The van der Waals surface area contributed by atoms with Crippen molar-refractivity contribution in [3.8, 4) is 11.5 Å². The van der Waals surface area contributed by atoms with E-state index in [9.17, 15) is 0 Å². The lowest BCUT2D eigenvalue weighted by Gasteiger charge is -2.29. The molecule has 1 fully saturated rings. The Morgan fingerprint density at radius 1 is 1.20 bits per heavy atom. The van der Waals surface area contributed by atoms with Crippen molar-refractivity contribution in [2.24, 2.45) is 11.7 Å². The molecule has 1 aliphatic rings. The summed E-state index contributed by atoms with van der Waals surface area (Å²) in [6, 6.07) is 4.02. The standard InChI is InChI=1S/C14H21BrN2O2.ClH/c1-18-11-7-10(8-12(19-2)13(11)15)14(16)9-3-5-17-6-4-9;/h7-9,14,17H,3-6,16H2,1-2H3;1H/t14-;/m1./s1. The van der Waals surface area contributed by atoms with Gasteiger partial charge < -0.3 is 20.5 Å². The number of hydrogen-bond acceptors (Lipinski definition) is 4. The molecule has 0 bridgehead atoms. The molecule has 0 amide bonds. The monoisotopic (exact) mass is 364 g/mol. The first-order chi connectivity index (χ1) is 9.17. The zero-order valence-electron chi connectivity index (χ0n) is 11.8. The second-order valence-corrected chi connectivity index (χ2v) is 5.65. The molecule has 0 spiro atoms. The summed E-state index contributed by atoms with van der Waals surface area (Å²) >= 11 is 3.48. The summed E-state index contributed by atoms with van der Waals surface area (Å²) in [6.07, 6.45) is 2.23. The topological polar surface area (TPSA) is 56.5 Å². The van der Waals surface area contributed by atoms with Crippen LogP contribution < -0.4 is 20.5 Å². The molecular formula is C14H22BrClN2O2. The first-order valence-electron chi connectivity index (χ1n) is 6.55. The van der Waals surface area contributed by atoms with Crippen LogP contribution >= 0.6 is 28.3 Å². The number of piperidine rings is 1. The highest BCUT2D eigenvalue weighted by molar-refractivity contribution is 9.10. The third-order valence-corrected chi connectivity index (χ3v) is 4.53. The summed E-state index contributed by atoms with van der Waals surface area (Å²) in [4.78, 5) is 0. The van der Waals surface area contributed by atoms with Gasteiger partial charge in [-0.05, 0) is 65.5 Å². The van der Waals surface area contributed by atoms with E-state index in [1.165, 1.54) is 0 Å². The quantitative estimate of drug-likeness (QED) is 0.861.